The molecule has 0 saturated carbocycles. The van der Waals surface area contributed by atoms with E-state index in [9.17, 15) is 21.0 Å². The summed E-state index contributed by atoms with van der Waals surface area (Å²) in [5.41, 5.74) is 0.926. The Morgan fingerprint density at radius 2 is 1.41 bits per heavy atom. The van der Waals surface area contributed by atoms with Gasteiger partial charge in [-0.3, -0.25) is 12.6 Å². The summed E-state index contributed by atoms with van der Waals surface area (Å²) in [5.74, 6) is 0. The van der Waals surface area contributed by atoms with Gasteiger partial charge in [0.2, 0.25) is 5.16 Å². The first kappa shape index (κ1) is 25.5. The van der Waals surface area contributed by atoms with Gasteiger partial charge in [0.1, 0.15) is 13.2 Å². The highest BCUT2D eigenvalue weighted by atomic mass is 32.2. The van der Waals surface area contributed by atoms with Gasteiger partial charge in [0.25, 0.3) is 20.2 Å². The number of thioether (sulfide) groups is 1. The quantitative estimate of drug-likeness (QED) is 0.288. The molecule has 162 valence electrons. The van der Waals surface area contributed by atoms with Crippen LogP contribution in [0.15, 0.2) is 34.8 Å². The van der Waals surface area contributed by atoms with E-state index in [0.717, 1.165) is 12.5 Å². The fourth-order valence-electron chi connectivity index (χ4n) is 1.48. The van der Waals surface area contributed by atoms with Crippen LogP contribution in [0, 0.1) is 0 Å². The van der Waals surface area contributed by atoms with Crippen molar-refractivity contribution in [2.24, 2.45) is 0 Å². The summed E-state index contributed by atoms with van der Waals surface area (Å²) < 4.78 is 62.9. The highest BCUT2D eigenvalue weighted by molar-refractivity contribution is 7.98. The van der Waals surface area contributed by atoms with Crippen LogP contribution in [0.4, 0.5) is 0 Å². The molecule has 0 aromatic carbocycles. The summed E-state index contributed by atoms with van der Waals surface area (Å²) >= 11 is 1.39. The Morgan fingerprint density at radius 3 is 1.86 bits per heavy atom. The van der Waals surface area contributed by atoms with E-state index >= 15 is 0 Å². The third-order valence-electron chi connectivity index (χ3n) is 2.66. The Balaban J connectivity index is 0.000000291. The van der Waals surface area contributed by atoms with Crippen LogP contribution < -0.4 is 0 Å². The maximum absolute atomic E-state index is 11.0. The predicted octanol–water partition coefficient (Wildman–Crippen LogP) is 0.365. The Morgan fingerprint density at radius 1 is 0.931 bits per heavy atom. The fraction of sp³-hybridized carbons (Fsp3) is 0.429. The van der Waals surface area contributed by atoms with E-state index in [0.29, 0.717) is 16.5 Å². The van der Waals surface area contributed by atoms with E-state index in [1.807, 2.05) is 6.26 Å². The highest BCUT2D eigenvalue weighted by Gasteiger charge is 2.07. The molecule has 29 heavy (non-hydrogen) atoms. The lowest BCUT2D eigenvalue weighted by Crippen LogP contribution is -2.06. The van der Waals surface area contributed by atoms with Gasteiger partial charge >= 0.3 is 0 Å². The zero-order valence-electron chi connectivity index (χ0n) is 16.0. The number of aromatic nitrogens is 4. The Labute approximate surface area is 176 Å². The van der Waals surface area contributed by atoms with Crippen LogP contribution in [-0.4, -0.2) is 66.0 Å². The first-order chi connectivity index (χ1) is 13.4. The molecule has 0 aliphatic heterocycles. The molecule has 11 nitrogen and oxygen atoms in total. The summed E-state index contributed by atoms with van der Waals surface area (Å²) in [6.45, 7) is -0.222. The minimum absolute atomic E-state index is 0.0467. The molecule has 0 aliphatic carbocycles. The molecule has 0 aliphatic rings. The lowest BCUT2D eigenvalue weighted by molar-refractivity contribution is 0.305. The standard InChI is InChI=1S/C7H10N2O4S2.C7H10N2O3S2/c1-14(10)7-8-4-3-6(9-7)5-13-15(2,11)12;1-13-7-8-4-3-6(9-7)5-12-14(2,10)11/h3-4H,5H2,1-2H3;3-4H,5H2,1-2H3. The second-order valence-corrected chi connectivity index (χ2v) is 10.6. The van der Waals surface area contributed by atoms with Crippen molar-refractivity contribution in [2.45, 2.75) is 23.5 Å². The van der Waals surface area contributed by atoms with E-state index < -0.39 is 31.0 Å². The van der Waals surface area contributed by atoms with Crippen molar-refractivity contribution >= 4 is 42.8 Å². The first-order valence-electron chi connectivity index (χ1n) is 7.59. The van der Waals surface area contributed by atoms with E-state index in [1.54, 1.807) is 12.3 Å². The summed E-state index contributed by atoms with van der Waals surface area (Å²) in [6.07, 6.45) is 8.22. The van der Waals surface area contributed by atoms with Crippen molar-refractivity contribution in [1.29, 1.82) is 0 Å². The predicted molar refractivity (Wildman–Crippen MR) is 107 cm³/mol. The third-order valence-corrected chi connectivity index (χ3v) is 5.03. The van der Waals surface area contributed by atoms with Gasteiger partial charge in [-0.05, 0) is 18.4 Å². The minimum atomic E-state index is -3.49. The van der Waals surface area contributed by atoms with E-state index in [2.05, 4.69) is 28.3 Å². The molecular formula is C14H20N4O7S4. The molecule has 2 rings (SSSR count). The second-order valence-electron chi connectivity index (χ2n) is 5.25. The van der Waals surface area contributed by atoms with Crippen molar-refractivity contribution in [3.63, 3.8) is 0 Å². The Hall–Kier alpha value is -1.52. The largest absolute Gasteiger partial charge is 0.264 e. The van der Waals surface area contributed by atoms with Gasteiger partial charge in [0.05, 0.1) is 34.7 Å². The third kappa shape index (κ3) is 11.9. The van der Waals surface area contributed by atoms with Crippen LogP contribution in [0.25, 0.3) is 0 Å². The van der Waals surface area contributed by atoms with Gasteiger partial charge in [-0.1, -0.05) is 11.8 Å². The molecule has 2 aromatic heterocycles. The van der Waals surface area contributed by atoms with Crippen molar-refractivity contribution < 1.29 is 29.4 Å². The molecule has 1 atom stereocenters. The molecule has 0 amide bonds. The van der Waals surface area contributed by atoms with Crippen molar-refractivity contribution in [2.75, 3.05) is 25.0 Å². The maximum Gasteiger partial charge on any atom is 0.264 e. The van der Waals surface area contributed by atoms with Gasteiger partial charge in [-0.25, -0.2) is 19.9 Å². The van der Waals surface area contributed by atoms with E-state index in [4.69, 9.17) is 0 Å². The fourth-order valence-corrected chi connectivity index (χ4v) is 2.98. The van der Waals surface area contributed by atoms with Crippen LogP contribution >= 0.6 is 11.8 Å². The monoisotopic (exact) mass is 484 g/mol. The lowest BCUT2D eigenvalue weighted by Gasteiger charge is -2.01. The van der Waals surface area contributed by atoms with Gasteiger partial charge in [-0.15, -0.1) is 0 Å². The van der Waals surface area contributed by atoms with E-state index in [1.165, 1.54) is 30.3 Å². The first-order valence-corrected chi connectivity index (χ1v) is 14.0. The zero-order valence-corrected chi connectivity index (χ0v) is 19.3. The summed E-state index contributed by atoms with van der Waals surface area (Å²) in [7, 11) is -8.19. The van der Waals surface area contributed by atoms with Crippen LogP contribution in [0.5, 0.6) is 0 Å². The van der Waals surface area contributed by atoms with Gasteiger partial charge in [-0.2, -0.15) is 16.8 Å². The smallest absolute Gasteiger partial charge is 0.264 e. The van der Waals surface area contributed by atoms with Crippen molar-refractivity contribution in [3.05, 3.63) is 35.9 Å². The molecule has 0 radical (unpaired) electrons. The van der Waals surface area contributed by atoms with Gasteiger partial charge < -0.3 is 0 Å². The number of hydrogen-bond donors (Lipinski definition) is 0. The minimum Gasteiger partial charge on any atom is -0.264 e. The molecule has 0 saturated heterocycles. The summed E-state index contributed by atoms with van der Waals surface area (Å²) in [6, 6.07) is 3.12. The lowest BCUT2D eigenvalue weighted by atomic mass is 10.4. The molecule has 15 heteroatoms. The van der Waals surface area contributed by atoms with Gasteiger partial charge in [0, 0.05) is 18.6 Å². The number of rotatable bonds is 8. The SMILES string of the molecule is CS(=O)c1nccc(COS(C)(=O)=O)n1.CSc1nccc(COS(C)(=O)=O)n1. The molecule has 0 N–H and O–H groups in total. The van der Waals surface area contributed by atoms with Gasteiger partial charge in [0.15, 0.2) is 5.16 Å². The Kier molecular flexibility index (Phi) is 10.2. The van der Waals surface area contributed by atoms with Crippen LogP contribution in [0.1, 0.15) is 11.4 Å². The second kappa shape index (κ2) is 11.6. The normalized spacial score (nSPS) is 12.7. The molecule has 0 spiro atoms. The van der Waals surface area contributed by atoms with Crippen molar-refractivity contribution in [1.82, 2.24) is 19.9 Å². The molecular weight excluding hydrogens is 464 g/mol. The average Bonchev–Trinajstić information content (AvgIpc) is 2.64. The number of nitrogens with zero attached hydrogens (tertiary/aromatic N) is 4. The summed E-state index contributed by atoms with van der Waals surface area (Å²) in [4.78, 5) is 15.6. The molecule has 0 bridgehead atoms. The maximum atomic E-state index is 11.0. The highest BCUT2D eigenvalue weighted by Crippen LogP contribution is 2.08. The zero-order chi connectivity index (χ0) is 22.1. The molecule has 0 fully saturated rings. The molecule has 2 heterocycles. The summed E-state index contributed by atoms with van der Waals surface area (Å²) in [5, 5.41) is 0.754. The average molecular weight is 485 g/mol. The van der Waals surface area contributed by atoms with Crippen LogP contribution in [0.3, 0.4) is 0 Å². The van der Waals surface area contributed by atoms with Crippen LogP contribution in [-0.2, 0) is 52.6 Å². The Bertz CT molecular complexity index is 1050. The molecule has 1 unspecified atom stereocenters. The van der Waals surface area contributed by atoms with E-state index in [-0.39, 0.29) is 18.4 Å². The number of hydrogen-bond acceptors (Lipinski definition) is 12. The van der Waals surface area contributed by atoms with Crippen LogP contribution in [0.2, 0.25) is 0 Å². The molecule has 2 aromatic rings. The van der Waals surface area contributed by atoms with Crippen molar-refractivity contribution in [3.8, 4) is 0 Å². The topological polar surface area (TPSA) is 155 Å².